The lowest BCUT2D eigenvalue weighted by Gasteiger charge is -2.11. The van der Waals surface area contributed by atoms with Crippen molar-refractivity contribution in [3.8, 4) is 5.75 Å². The Balaban J connectivity index is 1.85. The molecule has 24 heavy (non-hydrogen) atoms. The number of benzene rings is 2. The number of nitrogen functional groups attached to an aromatic ring is 1. The standard InChI is InChI=1S/C20H26N2O2/c1-2-3-4-8-13-22-20(23)17-11-12-19(18(21)14-17)24-15-16-9-6-5-7-10-16/h5-7,9-12,14H,2-4,8,13,15,21H2,1H3,(H,22,23). The van der Waals surface area contributed by atoms with E-state index in [4.69, 9.17) is 10.5 Å². The van der Waals surface area contributed by atoms with Gasteiger partial charge in [-0.1, -0.05) is 56.5 Å². The Morgan fingerprint density at radius 2 is 1.88 bits per heavy atom. The molecular weight excluding hydrogens is 300 g/mol. The molecular formula is C20H26N2O2. The molecule has 0 heterocycles. The highest BCUT2D eigenvalue weighted by Crippen LogP contribution is 2.23. The molecule has 0 aliphatic rings. The van der Waals surface area contributed by atoms with Crippen molar-refractivity contribution in [2.24, 2.45) is 0 Å². The molecule has 0 aliphatic carbocycles. The summed E-state index contributed by atoms with van der Waals surface area (Å²) in [4.78, 5) is 12.1. The van der Waals surface area contributed by atoms with E-state index in [-0.39, 0.29) is 5.91 Å². The molecule has 0 aliphatic heterocycles. The second kappa shape index (κ2) is 9.60. The number of ether oxygens (including phenoxy) is 1. The van der Waals surface area contributed by atoms with Crippen LogP contribution in [0.15, 0.2) is 48.5 Å². The molecule has 2 aromatic rings. The molecule has 0 bridgehead atoms. The third-order valence-corrected chi connectivity index (χ3v) is 3.83. The number of rotatable bonds is 9. The van der Waals surface area contributed by atoms with Gasteiger partial charge in [0.05, 0.1) is 5.69 Å². The summed E-state index contributed by atoms with van der Waals surface area (Å²) >= 11 is 0. The highest BCUT2D eigenvalue weighted by molar-refractivity contribution is 5.95. The maximum absolute atomic E-state index is 12.1. The minimum absolute atomic E-state index is 0.0900. The Labute approximate surface area is 144 Å². The van der Waals surface area contributed by atoms with E-state index in [0.29, 0.717) is 30.2 Å². The normalized spacial score (nSPS) is 10.4. The maximum Gasteiger partial charge on any atom is 0.251 e. The first-order valence-corrected chi connectivity index (χ1v) is 8.55. The van der Waals surface area contributed by atoms with Gasteiger partial charge in [-0.05, 0) is 30.2 Å². The summed E-state index contributed by atoms with van der Waals surface area (Å²) in [5.74, 6) is 0.506. The molecule has 0 saturated carbocycles. The van der Waals surface area contributed by atoms with E-state index in [2.05, 4.69) is 12.2 Å². The number of hydrogen-bond donors (Lipinski definition) is 2. The number of amides is 1. The van der Waals surface area contributed by atoms with Crippen LogP contribution in [0.25, 0.3) is 0 Å². The molecule has 0 atom stereocenters. The summed E-state index contributed by atoms with van der Waals surface area (Å²) in [5, 5.41) is 2.93. The summed E-state index contributed by atoms with van der Waals surface area (Å²) in [7, 11) is 0. The van der Waals surface area contributed by atoms with Gasteiger partial charge in [-0.3, -0.25) is 4.79 Å². The van der Waals surface area contributed by atoms with Crippen LogP contribution in [0.3, 0.4) is 0 Å². The highest BCUT2D eigenvalue weighted by atomic mass is 16.5. The predicted octanol–water partition coefficient (Wildman–Crippen LogP) is 4.16. The van der Waals surface area contributed by atoms with E-state index >= 15 is 0 Å². The lowest BCUT2D eigenvalue weighted by molar-refractivity contribution is 0.0953. The van der Waals surface area contributed by atoms with Crippen molar-refractivity contribution in [1.29, 1.82) is 0 Å². The lowest BCUT2D eigenvalue weighted by atomic mass is 10.1. The van der Waals surface area contributed by atoms with Crippen molar-refractivity contribution in [1.82, 2.24) is 5.32 Å². The molecule has 4 heteroatoms. The number of nitrogens with one attached hydrogen (secondary N) is 1. The van der Waals surface area contributed by atoms with E-state index in [1.165, 1.54) is 12.8 Å². The second-order valence-electron chi connectivity index (χ2n) is 5.84. The van der Waals surface area contributed by atoms with Crippen molar-refractivity contribution in [2.75, 3.05) is 12.3 Å². The average Bonchev–Trinajstić information content (AvgIpc) is 2.61. The van der Waals surface area contributed by atoms with Gasteiger partial charge in [-0.15, -0.1) is 0 Å². The van der Waals surface area contributed by atoms with Crippen molar-refractivity contribution in [3.63, 3.8) is 0 Å². The molecule has 3 N–H and O–H groups in total. The molecule has 1 amide bonds. The second-order valence-corrected chi connectivity index (χ2v) is 5.84. The fraction of sp³-hybridized carbons (Fsp3) is 0.350. The van der Waals surface area contributed by atoms with E-state index in [1.807, 2.05) is 30.3 Å². The maximum atomic E-state index is 12.1. The number of hydrogen-bond acceptors (Lipinski definition) is 3. The van der Waals surface area contributed by atoms with Crippen LogP contribution in [-0.2, 0) is 6.61 Å². The van der Waals surface area contributed by atoms with Gasteiger partial charge in [-0.25, -0.2) is 0 Å². The molecule has 0 spiro atoms. The van der Waals surface area contributed by atoms with Gasteiger partial charge in [0.2, 0.25) is 0 Å². The van der Waals surface area contributed by atoms with Crippen molar-refractivity contribution in [2.45, 2.75) is 39.2 Å². The topological polar surface area (TPSA) is 64.3 Å². The Hall–Kier alpha value is -2.49. The Bertz CT molecular complexity index is 641. The van der Waals surface area contributed by atoms with E-state index in [1.54, 1.807) is 18.2 Å². The van der Waals surface area contributed by atoms with Crippen molar-refractivity contribution in [3.05, 3.63) is 59.7 Å². The molecule has 0 saturated heterocycles. The van der Waals surface area contributed by atoms with Gasteiger partial charge in [0.15, 0.2) is 0 Å². The average molecular weight is 326 g/mol. The largest absolute Gasteiger partial charge is 0.487 e. The minimum Gasteiger partial charge on any atom is -0.487 e. The van der Waals surface area contributed by atoms with E-state index < -0.39 is 0 Å². The van der Waals surface area contributed by atoms with Crippen LogP contribution in [0.2, 0.25) is 0 Å². The first-order chi connectivity index (χ1) is 11.7. The van der Waals surface area contributed by atoms with Crippen LogP contribution < -0.4 is 15.8 Å². The molecule has 0 radical (unpaired) electrons. The summed E-state index contributed by atoms with van der Waals surface area (Å²) < 4.78 is 5.73. The van der Waals surface area contributed by atoms with Crippen LogP contribution in [0, 0.1) is 0 Å². The predicted molar refractivity (Wildman–Crippen MR) is 98.1 cm³/mol. The molecule has 128 valence electrons. The number of carbonyl (C=O) groups is 1. The first kappa shape index (κ1) is 17.9. The Morgan fingerprint density at radius 3 is 2.58 bits per heavy atom. The fourth-order valence-electron chi connectivity index (χ4n) is 2.41. The third kappa shape index (κ3) is 5.61. The SMILES string of the molecule is CCCCCCNC(=O)c1ccc(OCc2ccccc2)c(N)c1. The van der Waals surface area contributed by atoms with E-state index in [0.717, 1.165) is 18.4 Å². The summed E-state index contributed by atoms with van der Waals surface area (Å²) in [6, 6.07) is 15.1. The summed E-state index contributed by atoms with van der Waals surface area (Å²) in [5.41, 5.74) is 8.13. The zero-order valence-electron chi connectivity index (χ0n) is 14.3. The number of unbranched alkanes of at least 4 members (excludes halogenated alkanes) is 3. The lowest BCUT2D eigenvalue weighted by Crippen LogP contribution is -2.24. The Morgan fingerprint density at radius 1 is 1.08 bits per heavy atom. The first-order valence-electron chi connectivity index (χ1n) is 8.55. The molecule has 2 rings (SSSR count). The van der Waals surface area contributed by atoms with Crippen molar-refractivity contribution >= 4 is 11.6 Å². The number of anilines is 1. The monoisotopic (exact) mass is 326 g/mol. The smallest absolute Gasteiger partial charge is 0.251 e. The molecule has 0 unspecified atom stereocenters. The van der Waals surface area contributed by atoms with Gasteiger partial charge in [0.25, 0.3) is 5.91 Å². The van der Waals surface area contributed by atoms with Crippen LogP contribution in [0.4, 0.5) is 5.69 Å². The molecule has 0 fully saturated rings. The van der Waals surface area contributed by atoms with Gasteiger partial charge in [0.1, 0.15) is 12.4 Å². The van der Waals surface area contributed by atoms with E-state index in [9.17, 15) is 4.79 Å². The van der Waals surface area contributed by atoms with Gasteiger partial charge in [-0.2, -0.15) is 0 Å². The summed E-state index contributed by atoms with van der Waals surface area (Å²) in [6.45, 7) is 3.32. The van der Waals surface area contributed by atoms with Gasteiger partial charge in [0, 0.05) is 12.1 Å². The Kier molecular flexibility index (Phi) is 7.15. The fourth-order valence-corrected chi connectivity index (χ4v) is 2.41. The third-order valence-electron chi connectivity index (χ3n) is 3.83. The zero-order chi connectivity index (χ0) is 17.2. The van der Waals surface area contributed by atoms with Gasteiger partial charge >= 0.3 is 0 Å². The van der Waals surface area contributed by atoms with Crippen LogP contribution in [0.5, 0.6) is 5.75 Å². The van der Waals surface area contributed by atoms with Crippen LogP contribution >= 0.6 is 0 Å². The molecule has 2 aromatic carbocycles. The molecule has 4 nitrogen and oxygen atoms in total. The highest BCUT2D eigenvalue weighted by Gasteiger charge is 2.08. The summed E-state index contributed by atoms with van der Waals surface area (Å²) in [6.07, 6.45) is 4.55. The number of nitrogens with two attached hydrogens (primary N) is 1. The zero-order valence-corrected chi connectivity index (χ0v) is 14.3. The molecule has 0 aromatic heterocycles. The van der Waals surface area contributed by atoms with Crippen molar-refractivity contribution < 1.29 is 9.53 Å². The van der Waals surface area contributed by atoms with Crippen LogP contribution in [0.1, 0.15) is 48.5 Å². The van der Waals surface area contributed by atoms with Crippen LogP contribution in [-0.4, -0.2) is 12.5 Å². The number of carbonyl (C=O) groups excluding carboxylic acids is 1. The minimum atomic E-state index is -0.0900. The van der Waals surface area contributed by atoms with Gasteiger partial charge < -0.3 is 15.8 Å². The quantitative estimate of drug-likeness (QED) is 0.537.